The lowest BCUT2D eigenvalue weighted by Crippen LogP contribution is -2.17. The lowest BCUT2D eigenvalue weighted by molar-refractivity contribution is 0.847. The third-order valence-electron chi connectivity index (χ3n) is 2.05. The van der Waals surface area contributed by atoms with E-state index >= 15 is 0 Å². The van der Waals surface area contributed by atoms with Crippen molar-refractivity contribution >= 4 is 35.5 Å². The molecule has 5 heteroatoms. The van der Waals surface area contributed by atoms with Crippen molar-refractivity contribution in [2.45, 2.75) is 17.9 Å². The molecular formula is C12H15ClN2S2. The minimum Gasteiger partial charge on any atom is -0.327 e. The summed E-state index contributed by atoms with van der Waals surface area (Å²) >= 11 is 3.46. The van der Waals surface area contributed by atoms with Crippen LogP contribution in [-0.4, -0.2) is 16.8 Å². The summed E-state index contributed by atoms with van der Waals surface area (Å²) in [6.07, 6.45) is 1.84. The maximum absolute atomic E-state index is 5.78. The van der Waals surface area contributed by atoms with E-state index in [9.17, 15) is 0 Å². The molecule has 92 valence electrons. The average molecular weight is 287 g/mol. The zero-order valence-corrected chi connectivity index (χ0v) is 11.9. The average Bonchev–Trinajstić information content (AvgIpc) is 2.80. The first-order valence-corrected chi connectivity index (χ1v) is 7.01. The van der Waals surface area contributed by atoms with Crippen LogP contribution in [0, 0.1) is 0 Å². The van der Waals surface area contributed by atoms with Crippen LogP contribution in [0.25, 0.3) is 10.6 Å². The van der Waals surface area contributed by atoms with Crippen LogP contribution in [0.2, 0.25) is 0 Å². The molecule has 1 aromatic carbocycles. The zero-order valence-electron chi connectivity index (χ0n) is 9.50. The van der Waals surface area contributed by atoms with Crippen molar-refractivity contribution in [1.29, 1.82) is 0 Å². The number of halogens is 1. The van der Waals surface area contributed by atoms with Crippen LogP contribution < -0.4 is 5.73 Å². The lowest BCUT2D eigenvalue weighted by Gasteiger charge is -2.08. The van der Waals surface area contributed by atoms with Crippen molar-refractivity contribution in [3.8, 4) is 10.6 Å². The highest BCUT2D eigenvalue weighted by molar-refractivity contribution is 7.99. The number of benzene rings is 1. The number of thioether (sulfide) groups is 1. The van der Waals surface area contributed by atoms with Gasteiger partial charge in [0.2, 0.25) is 0 Å². The Labute approximate surface area is 116 Å². The van der Waals surface area contributed by atoms with Crippen LogP contribution >= 0.6 is 35.5 Å². The van der Waals surface area contributed by atoms with E-state index in [0.29, 0.717) is 0 Å². The summed E-state index contributed by atoms with van der Waals surface area (Å²) in [5.41, 5.74) is 6.99. The number of thiazole rings is 1. The quantitative estimate of drug-likeness (QED) is 0.872. The van der Waals surface area contributed by atoms with Crippen molar-refractivity contribution in [1.82, 2.24) is 4.98 Å². The van der Waals surface area contributed by atoms with Gasteiger partial charge in [-0.1, -0.05) is 18.2 Å². The number of rotatable bonds is 4. The smallest absolute Gasteiger partial charge is 0.124 e. The van der Waals surface area contributed by atoms with Gasteiger partial charge in [-0.3, -0.25) is 0 Å². The Kier molecular flexibility index (Phi) is 5.98. The minimum absolute atomic E-state index is 0. The van der Waals surface area contributed by atoms with Gasteiger partial charge in [-0.25, -0.2) is 4.98 Å². The normalized spacial score (nSPS) is 11.9. The first kappa shape index (κ1) is 14.5. The van der Waals surface area contributed by atoms with Crippen LogP contribution in [0.15, 0.2) is 40.7 Å². The van der Waals surface area contributed by atoms with Crippen molar-refractivity contribution in [3.05, 3.63) is 35.8 Å². The van der Waals surface area contributed by atoms with E-state index in [1.807, 2.05) is 24.6 Å². The molecule has 17 heavy (non-hydrogen) atoms. The fraction of sp³-hybridized carbons (Fsp3) is 0.250. The molecule has 2 nitrogen and oxygen atoms in total. The van der Waals surface area contributed by atoms with E-state index in [2.05, 4.69) is 23.2 Å². The van der Waals surface area contributed by atoms with Gasteiger partial charge in [0.1, 0.15) is 5.01 Å². The number of hydrogen-bond acceptors (Lipinski definition) is 4. The van der Waals surface area contributed by atoms with Gasteiger partial charge in [0.15, 0.2) is 0 Å². The van der Waals surface area contributed by atoms with Gasteiger partial charge in [0, 0.05) is 33.8 Å². The fourth-order valence-electron chi connectivity index (χ4n) is 1.35. The highest BCUT2D eigenvalue weighted by atomic mass is 35.5. The van der Waals surface area contributed by atoms with Crippen LogP contribution in [0.1, 0.15) is 6.92 Å². The van der Waals surface area contributed by atoms with Gasteiger partial charge < -0.3 is 5.73 Å². The highest BCUT2D eigenvalue weighted by Crippen LogP contribution is 2.32. The van der Waals surface area contributed by atoms with Crippen LogP contribution in [0.5, 0.6) is 0 Å². The Balaban J connectivity index is 0.00000144. The molecule has 0 bridgehead atoms. The summed E-state index contributed by atoms with van der Waals surface area (Å²) in [7, 11) is 0. The summed E-state index contributed by atoms with van der Waals surface area (Å²) in [5.74, 6) is 0.933. The van der Waals surface area contributed by atoms with Crippen LogP contribution in [-0.2, 0) is 0 Å². The van der Waals surface area contributed by atoms with Crippen molar-refractivity contribution in [2.24, 2.45) is 5.73 Å². The molecule has 0 saturated carbocycles. The number of hydrogen-bond donors (Lipinski definition) is 1. The standard InChI is InChI=1S/C12H14N2S2.ClH/c1-9(13)8-16-11-5-3-2-4-10(11)12-14-6-7-15-12;/h2-7,9H,8,13H2,1H3;1H/t9-;/m1./s1. The molecule has 0 radical (unpaired) electrons. The first-order chi connectivity index (χ1) is 7.77. The Morgan fingerprint density at radius 1 is 1.41 bits per heavy atom. The monoisotopic (exact) mass is 286 g/mol. The predicted molar refractivity (Wildman–Crippen MR) is 79.2 cm³/mol. The van der Waals surface area contributed by atoms with Crippen molar-refractivity contribution in [3.63, 3.8) is 0 Å². The van der Waals surface area contributed by atoms with Crippen molar-refractivity contribution < 1.29 is 0 Å². The van der Waals surface area contributed by atoms with Crippen molar-refractivity contribution in [2.75, 3.05) is 5.75 Å². The Morgan fingerprint density at radius 2 is 2.18 bits per heavy atom. The molecule has 0 aliphatic heterocycles. The molecule has 0 spiro atoms. The molecule has 0 unspecified atom stereocenters. The molecular weight excluding hydrogens is 272 g/mol. The summed E-state index contributed by atoms with van der Waals surface area (Å²) in [6.45, 7) is 2.03. The topological polar surface area (TPSA) is 38.9 Å². The maximum atomic E-state index is 5.78. The summed E-state index contributed by atoms with van der Waals surface area (Å²) < 4.78 is 0. The van der Waals surface area contributed by atoms with Gasteiger partial charge in [0.05, 0.1) is 0 Å². The molecule has 0 aliphatic rings. The van der Waals surface area contributed by atoms with E-state index in [1.165, 1.54) is 10.5 Å². The van der Waals surface area contributed by atoms with Crippen LogP contribution in [0.3, 0.4) is 0 Å². The summed E-state index contributed by atoms with van der Waals surface area (Å²) in [4.78, 5) is 5.61. The summed E-state index contributed by atoms with van der Waals surface area (Å²) in [5, 5.41) is 3.08. The molecule has 2 N–H and O–H groups in total. The van der Waals surface area contributed by atoms with Gasteiger partial charge in [-0.05, 0) is 13.0 Å². The largest absolute Gasteiger partial charge is 0.327 e. The number of aromatic nitrogens is 1. The maximum Gasteiger partial charge on any atom is 0.124 e. The molecule has 0 saturated heterocycles. The molecule has 0 amide bonds. The second kappa shape index (κ2) is 7.01. The highest BCUT2D eigenvalue weighted by Gasteiger charge is 2.07. The molecule has 2 rings (SSSR count). The lowest BCUT2D eigenvalue weighted by atomic mass is 10.2. The van der Waals surface area contributed by atoms with E-state index in [4.69, 9.17) is 5.73 Å². The molecule has 2 aromatic rings. The molecule has 0 aliphatic carbocycles. The Hall–Kier alpha value is -0.550. The van der Waals surface area contributed by atoms with E-state index in [1.54, 1.807) is 23.1 Å². The molecule has 1 atom stereocenters. The third kappa shape index (κ3) is 4.00. The Bertz CT molecular complexity index is 444. The Morgan fingerprint density at radius 3 is 2.82 bits per heavy atom. The van der Waals surface area contributed by atoms with E-state index < -0.39 is 0 Å². The van der Waals surface area contributed by atoms with E-state index in [0.717, 1.165) is 10.8 Å². The summed E-state index contributed by atoms with van der Waals surface area (Å²) in [6, 6.07) is 8.56. The predicted octanol–water partition coefficient (Wildman–Crippen LogP) is 3.67. The van der Waals surface area contributed by atoms with Crippen LogP contribution in [0.4, 0.5) is 0 Å². The first-order valence-electron chi connectivity index (χ1n) is 5.14. The molecule has 0 fully saturated rings. The molecule has 1 aromatic heterocycles. The fourth-order valence-corrected chi connectivity index (χ4v) is 3.03. The number of nitrogens with zero attached hydrogens (tertiary/aromatic N) is 1. The van der Waals surface area contributed by atoms with Gasteiger partial charge >= 0.3 is 0 Å². The van der Waals surface area contributed by atoms with Gasteiger partial charge in [-0.2, -0.15) is 0 Å². The second-order valence-electron chi connectivity index (χ2n) is 3.62. The minimum atomic E-state index is 0. The second-order valence-corrected chi connectivity index (χ2v) is 5.58. The van der Waals surface area contributed by atoms with Gasteiger partial charge in [-0.15, -0.1) is 35.5 Å². The van der Waals surface area contributed by atoms with Gasteiger partial charge in [0.25, 0.3) is 0 Å². The SMILES string of the molecule is C[C@@H](N)CSc1ccccc1-c1nccs1.Cl. The molecule has 1 heterocycles. The van der Waals surface area contributed by atoms with E-state index in [-0.39, 0.29) is 18.4 Å². The number of nitrogens with two attached hydrogens (primary N) is 1. The zero-order chi connectivity index (χ0) is 11.4. The third-order valence-corrected chi connectivity index (χ3v) is 4.22.